The molecule has 5 aromatic rings. The molecule has 0 aliphatic carbocycles. The third-order valence-corrected chi connectivity index (χ3v) is 14.6. The first-order valence-electron chi connectivity index (χ1n) is 26.5. The van der Waals surface area contributed by atoms with Crippen molar-refractivity contribution < 1.29 is 28.5 Å². The lowest BCUT2D eigenvalue weighted by Gasteiger charge is -2.48. The van der Waals surface area contributed by atoms with Gasteiger partial charge in [0.05, 0.1) is 43.3 Å². The molecule has 3 fully saturated rings. The fourth-order valence-electron chi connectivity index (χ4n) is 10.9. The molecule has 380 valence electrons. The number of piperidine rings is 2. The SMILES string of the molecule is CCOc1ccccc1-n1c(CN2CCN(C(=O)COc3ccc(CNCCCCCCCCCCN4C5CCCC4CC(OC(=O)Cc4cc(C)ccc4OC)C5)cc3)CC2)nc2ccccc2c1=O. The number of esters is 1. The molecule has 3 saturated heterocycles. The maximum atomic E-state index is 13.9. The standard InChI is InChI=1S/C58H76N6O7/c1-4-69-54-23-14-13-22-52(54)64-55(60-51-21-12-11-20-50(51)58(64)67)41-61-32-34-62(35-33-61)56(65)42-70-48-27-25-44(26-28-48)40-59-30-15-9-7-5-6-8-10-16-31-63-46-18-17-19-47(63)39-49(38-46)71-57(66)37-45-36-43(2)24-29-53(45)68-3/h11-14,20-29,36,46-47,49,59H,4-10,15-19,30-35,37-42H2,1-3H3. The lowest BCUT2D eigenvalue weighted by Crippen LogP contribution is -2.54. The molecule has 71 heavy (non-hydrogen) atoms. The van der Waals surface area contributed by atoms with Gasteiger partial charge in [-0.15, -0.1) is 0 Å². The van der Waals surface area contributed by atoms with E-state index in [1.54, 1.807) is 11.7 Å². The van der Waals surface area contributed by atoms with Gasteiger partial charge in [0.15, 0.2) is 6.61 Å². The van der Waals surface area contributed by atoms with Gasteiger partial charge in [0.2, 0.25) is 0 Å². The van der Waals surface area contributed by atoms with E-state index in [-0.39, 0.29) is 36.6 Å². The Bertz CT molecular complexity index is 2540. The molecule has 0 spiro atoms. The van der Waals surface area contributed by atoms with Crippen LogP contribution in [0.4, 0.5) is 0 Å². The zero-order chi connectivity index (χ0) is 49.4. The van der Waals surface area contributed by atoms with E-state index in [1.807, 2.05) is 97.6 Å². The van der Waals surface area contributed by atoms with Crippen LogP contribution < -0.4 is 25.1 Å². The third-order valence-electron chi connectivity index (χ3n) is 14.6. The average molecular weight is 969 g/mol. The Morgan fingerprint density at radius 1 is 0.775 bits per heavy atom. The van der Waals surface area contributed by atoms with Gasteiger partial charge in [-0.2, -0.15) is 0 Å². The number of aryl methyl sites for hydroxylation is 1. The fraction of sp³-hybridized carbons (Fsp3) is 0.517. The number of unbranched alkanes of at least 4 members (excludes halogenated alkanes) is 7. The lowest BCUT2D eigenvalue weighted by atomic mass is 9.82. The van der Waals surface area contributed by atoms with Crippen molar-refractivity contribution in [2.24, 2.45) is 0 Å². The largest absolute Gasteiger partial charge is 0.496 e. The number of piperazine rings is 1. The molecular formula is C58H76N6O7. The van der Waals surface area contributed by atoms with Crippen LogP contribution in [0.1, 0.15) is 113 Å². The van der Waals surface area contributed by atoms with Crippen LogP contribution in [-0.2, 0) is 33.8 Å². The number of nitrogens with one attached hydrogen (secondary N) is 1. The molecule has 4 heterocycles. The van der Waals surface area contributed by atoms with E-state index in [0.717, 1.165) is 42.8 Å². The van der Waals surface area contributed by atoms with Crippen LogP contribution in [0, 0.1) is 6.92 Å². The van der Waals surface area contributed by atoms with Crippen LogP contribution in [0.5, 0.6) is 17.2 Å². The van der Waals surface area contributed by atoms with Crippen LogP contribution in [0.3, 0.4) is 0 Å². The topological polar surface area (TPSA) is 128 Å². The number of hydrogen-bond donors (Lipinski definition) is 1. The molecule has 1 amide bonds. The highest BCUT2D eigenvalue weighted by atomic mass is 16.5. The molecule has 3 aliphatic heterocycles. The number of amides is 1. The van der Waals surface area contributed by atoms with Crippen LogP contribution in [0.15, 0.2) is 95.8 Å². The van der Waals surface area contributed by atoms with Crippen molar-refractivity contribution in [3.05, 3.63) is 124 Å². The number of ether oxygens (including phenoxy) is 4. The molecule has 1 aromatic heterocycles. The van der Waals surface area contributed by atoms with Gasteiger partial charge >= 0.3 is 5.97 Å². The highest BCUT2D eigenvalue weighted by molar-refractivity contribution is 5.79. The summed E-state index contributed by atoms with van der Waals surface area (Å²) in [5.41, 5.74) is 4.41. The number of carbonyl (C=O) groups excluding carboxylic acids is 2. The van der Waals surface area contributed by atoms with E-state index < -0.39 is 0 Å². The number of rotatable bonds is 25. The van der Waals surface area contributed by atoms with E-state index in [1.165, 1.54) is 82.7 Å². The van der Waals surface area contributed by atoms with Crippen molar-refractivity contribution >= 4 is 22.8 Å². The minimum Gasteiger partial charge on any atom is -0.496 e. The van der Waals surface area contributed by atoms with Crippen molar-refractivity contribution in [2.75, 3.05) is 59.6 Å². The van der Waals surface area contributed by atoms with E-state index in [9.17, 15) is 14.4 Å². The number of fused-ring (bicyclic) bond motifs is 3. The van der Waals surface area contributed by atoms with E-state index in [2.05, 4.69) is 27.2 Å². The molecule has 13 nitrogen and oxygen atoms in total. The first kappa shape index (κ1) is 51.6. The van der Waals surface area contributed by atoms with Crippen LogP contribution >= 0.6 is 0 Å². The summed E-state index contributed by atoms with van der Waals surface area (Å²) < 4.78 is 25.1. The van der Waals surface area contributed by atoms with Gasteiger partial charge < -0.3 is 29.2 Å². The molecule has 2 unspecified atom stereocenters. The number of benzene rings is 4. The molecular weight excluding hydrogens is 893 g/mol. The van der Waals surface area contributed by atoms with Crippen molar-refractivity contribution in [3.63, 3.8) is 0 Å². The summed E-state index contributed by atoms with van der Waals surface area (Å²) in [6, 6.07) is 30.1. The average Bonchev–Trinajstić information content (AvgIpc) is 3.37. The van der Waals surface area contributed by atoms with Gasteiger partial charge in [-0.05, 0) is 101 Å². The highest BCUT2D eigenvalue weighted by Gasteiger charge is 2.39. The number of aromatic nitrogens is 2. The van der Waals surface area contributed by atoms with Crippen LogP contribution in [0.2, 0.25) is 0 Å². The third kappa shape index (κ3) is 14.2. The minimum absolute atomic E-state index is 0.00793. The summed E-state index contributed by atoms with van der Waals surface area (Å²) in [6.45, 7) is 10.3. The van der Waals surface area contributed by atoms with Gasteiger partial charge in [-0.3, -0.25) is 28.8 Å². The van der Waals surface area contributed by atoms with Crippen LogP contribution in [-0.4, -0.2) is 114 Å². The Hall–Kier alpha value is -5.76. The molecule has 3 aliphatic rings. The van der Waals surface area contributed by atoms with E-state index in [0.29, 0.717) is 85.3 Å². The van der Waals surface area contributed by atoms with Gasteiger partial charge in [-0.1, -0.05) is 99.0 Å². The summed E-state index contributed by atoms with van der Waals surface area (Å²) in [5.74, 6) is 2.53. The summed E-state index contributed by atoms with van der Waals surface area (Å²) in [4.78, 5) is 51.9. The second-order valence-corrected chi connectivity index (χ2v) is 19.7. The molecule has 0 radical (unpaired) electrons. The number of hydrogen-bond acceptors (Lipinski definition) is 11. The van der Waals surface area contributed by atoms with Crippen molar-refractivity contribution in [1.29, 1.82) is 0 Å². The Morgan fingerprint density at radius 3 is 2.23 bits per heavy atom. The minimum atomic E-state index is -0.142. The summed E-state index contributed by atoms with van der Waals surface area (Å²) >= 11 is 0. The predicted molar refractivity (Wildman–Crippen MR) is 280 cm³/mol. The Balaban J connectivity index is 0.656. The Labute approximate surface area is 420 Å². The molecule has 2 bridgehead atoms. The van der Waals surface area contributed by atoms with Gasteiger partial charge in [0.1, 0.15) is 29.2 Å². The molecule has 2 atom stereocenters. The van der Waals surface area contributed by atoms with Gasteiger partial charge in [-0.25, -0.2) is 4.98 Å². The first-order chi connectivity index (χ1) is 34.8. The van der Waals surface area contributed by atoms with Crippen molar-refractivity contribution in [3.8, 4) is 22.9 Å². The highest BCUT2D eigenvalue weighted by Crippen LogP contribution is 2.36. The fourth-order valence-corrected chi connectivity index (χ4v) is 10.9. The molecule has 0 saturated carbocycles. The summed E-state index contributed by atoms with van der Waals surface area (Å²) in [7, 11) is 1.65. The number of nitrogens with zero attached hydrogens (tertiary/aromatic N) is 5. The number of methoxy groups -OCH3 is 1. The van der Waals surface area contributed by atoms with Gasteiger partial charge in [0, 0.05) is 63.2 Å². The zero-order valence-electron chi connectivity index (χ0n) is 42.5. The maximum absolute atomic E-state index is 13.9. The Morgan fingerprint density at radius 2 is 1.48 bits per heavy atom. The lowest BCUT2D eigenvalue weighted by molar-refractivity contribution is -0.154. The smallest absolute Gasteiger partial charge is 0.310 e. The summed E-state index contributed by atoms with van der Waals surface area (Å²) in [5, 5.41) is 4.15. The quantitative estimate of drug-likeness (QED) is 0.0445. The first-order valence-corrected chi connectivity index (χ1v) is 26.5. The Kier molecular flexibility index (Phi) is 19.0. The number of para-hydroxylation sites is 3. The van der Waals surface area contributed by atoms with Crippen molar-refractivity contribution in [2.45, 2.75) is 135 Å². The molecule has 1 N–H and O–H groups in total. The van der Waals surface area contributed by atoms with E-state index in [4.69, 9.17) is 23.9 Å². The number of carbonyl (C=O) groups is 2. The normalized spacial score (nSPS) is 18.4. The maximum Gasteiger partial charge on any atom is 0.310 e. The molecule has 13 heteroatoms. The van der Waals surface area contributed by atoms with Gasteiger partial charge in [0.25, 0.3) is 11.5 Å². The molecule has 8 rings (SSSR count). The zero-order valence-corrected chi connectivity index (χ0v) is 42.5. The summed E-state index contributed by atoms with van der Waals surface area (Å²) in [6.07, 6.45) is 16.1. The second kappa shape index (κ2) is 26.1. The molecule has 4 aromatic carbocycles. The van der Waals surface area contributed by atoms with Crippen molar-refractivity contribution in [1.82, 2.24) is 29.6 Å². The second-order valence-electron chi connectivity index (χ2n) is 19.7. The monoisotopic (exact) mass is 969 g/mol. The van der Waals surface area contributed by atoms with Crippen LogP contribution in [0.25, 0.3) is 16.6 Å². The predicted octanol–water partition coefficient (Wildman–Crippen LogP) is 9.21. The van der Waals surface area contributed by atoms with E-state index >= 15 is 0 Å².